The van der Waals surface area contributed by atoms with E-state index in [0.29, 0.717) is 18.1 Å². The van der Waals surface area contributed by atoms with Gasteiger partial charge in [0.25, 0.3) is 5.91 Å². The van der Waals surface area contributed by atoms with Gasteiger partial charge in [-0.05, 0) is 44.6 Å². The van der Waals surface area contributed by atoms with Gasteiger partial charge in [0.1, 0.15) is 0 Å². The smallest absolute Gasteiger partial charge is 0.254 e. The Morgan fingerprint density at radius 3 is 2.77 bits per heavy atom. The van der Waals surface area contributed by atoms with Crippen molar-refractivity contribution in [2.45, 2.75) is 45.6 Å². The van der Waals surface area contributed by atoms with Crippen molar-refractivity contribution in [2.75, 3.05) is 11.9 Å². The van der Waals surface area contributed by atoms with Gasteiger partial charge in [0.05, 0.1) is 5.56 Å². The van der Waals surface area contributed by atoms with Crippen LogP contribution in [0.25, 0.3) is 0 Å². The molecule has 0 saturated heterocycles. The molecule has 0 atom stereocenters. The SMILES string of the molecule is Cc1cccc(CNC(=O)c2cnc(NCCC3=CCCCC3)nc2)c1. The molecule has 1 aliphatic rings. The zero-order valence-electron chi connectivity index (χ0n) is 15.3. The first kappa shape index (κ1) is 18.1. The molecular formula is C21H26N4O. The number of nitrogens with one attached hydrogen (secondary N) is 2. The van der Waals surface area contributed by atoms with E-state index in [1.807, 2.05) is 25.1 Å². The minimum absolute atomic E-state index is 0.162. The lowest BCUT2D eigenvalue weighted by atomic mass is 9.97. The number of hydrogen-bond acceptors (Lipinski definition) is 4. The Bertz CT molecular complexity index is 768. The lowest BCUT2D eigenvalue weighted by Gasteiger charge is -2.12. The van der Waals surface area contributed by atoms with Crippen LogP contribution in [0.15, 0.2) is 48.3 Å². The molecule has 1 aromatic carbocycles. The summed E-state index contributed by atoms with van der Waals surface area (Å²) in [4.78, 5) is 20.7. The second kappa shape index (κ2) is 9.13. The zero-order valence-corrected chi connectivity index (χ0v) is 15.3. The van der Waals surface area contributed by atoms with E-state index in [9.17, 15) is 4.79 Å². The van der Waals surface area contributed by atoms with E-state index in [1.54, 1.807) is 12.4 Å². The Hall–Kier alpha value is -2.69. The summed E-state index contributed by atoms with van der Waals surface area (Å²) in [6.45, 7) is 3.36. The Balaban J connectivity index is 1.45. The third-order valence-corrected chi connectivity index (χ3v) is 4.56. The summed E-state index contributed by atoms with van der Waals surface area (Å²) < 4.78 is 0. The van der Waals surface area contributed by atoms with Crippen molar-refractivity contribution in [2.24, 2.45) is 0 Å². The summed E-state index contributed by atoms with van der Waals surface area (Å²) in [5, 5.41) is 6.13. The van der Waals surface area contributed by atoms with Gasteiger partial charge in [-0.15, -0.1) is 0 Å². The Kier molecular flexibility index (Phi) is 6.36. The molecule has 26 heavy (non-hydrogen) atoms. The summed E-state index contributed by atoms with van der Waals surface area (Å²) >= 11 is 0. The number of aryl methyl sites for hydroxylation is 1. The number of benzene rings is 1. The van der Waals surface area contributed by atoms with Gasteiger partial charge in [-0.2, -0.15) is 0 Å². The number of anilines is 1. The van der Waals surface area contributed by atoms with Gasteiger partial charge in [-0.1, -0.05) is 41.5 Å². The Labute approximate surface area is 155 Å². The molecule has 2 aromatic rings. The number of carbonyl (C=O) groups excluding carboxylic acids is 1. The molecule has 1 aliphatic carbocycles. The van der Waals surface area contributed by atoms with Crippen LogP contribution in [0.4, 0.5) is 5.95 Å². The summed E-state index contributed by atoms with van der Waals surface area (Å²) in [5.74, 6) is 0.405. The van der Waals surface area contributed by atoms with E-state index in [-0.39, 0.29) is 5.91 Å². The average Bonchev–Trinajstić information content (AvgIpc) is 2.68. The topological polar surface area (TPSA) is 66.9 Å². The number of carbonyl (C=O) groups is 1. The van der Waals surface area contributed by atoms with Crippen molar-refractivity contribution in [3.63, 3.8) is 0 Å². The van der Waals surface area contributed by atoms with E-state index in [4.69, 9.17) is 0 Å². The molecule has 1 heterocycles. The van der Waals surface area contributed by atoms with Crippen LogP contribution < -0.4 is 10.6 Å². The van der Waals surface area contributed by atoms with Gasteiger partial charge in [0.15, 0.2) is 0 Å². The average molecular weight is 350 g/mol. The van der Waals surface area contributed by atoms with Crippen LogP contribution >= 0.6 is 0 Å². The molecule has 0 aliphatic heterocycles. The summed E-state index contributed by atoms with van der Waals surface area (Å²) in [7, 11) is 0. The second-order valence-electron chi connectivity index (χ2n) is 6.75. The summed E-state index contributed by atoms with van der Waals surface area (Å²) in [5.41, 5.74) is 4.25. The number of allylic oxidation sites excluding steroid dienone is 1. The first-order valence-electron chi connectivity index (χ1n) is 9.28. The van der Waals surface area contributed by atoms with Crippen molar-refractivity contribution in [3.8, 4) is 0 Å². The van der Waals surface area contributed by atoms with Gasteiger partial charge in [-0.25, -0.2) is 9.97 Å². The fourth-order valence-corrected chi connectivity index (χ4v) is 3.11. The van der Waals surface area contributed by atoms with Crippen molar-refractivity contribution in [1.29, 1.82) is 0 Å². The number of rotatable bonds is 7. The predicted molar refractivity (Wildman–Crippen MR) is 104 cm³/mol. The van der Waals surface area contributed by atoms with Crippen LogP contribution in [0, 0.1) is 6.92 Å². The van der Waals surface area contributed by atoms with Crippen molar-refractivity contribution < 1.29 is 4.79 Å². The van der Waals surface area contributed by atoms with Gasteiger partial charge in [0, 0.05) is 25.5 Å². The molecule has 2 N–H and O–H groups in total. The van der Waals surface area contributed by atoms with Crippen LogP contribution in [-0.2, 0) is 6.54 Å². The lowest BCUT2D eigenvalue weighted by molar-refractivity contribution is 0.0950. The molecule has 136 valence electrons. The molecule has 0 fully saturated rings. The van der Waals surface area contributed by atoms with Crippen LogP contribution in [0.5, 0.6) is 0 Å². The predicted octanol–water partition coefficient (Wildman–Crippen LogP) is 4.02. The largest absolute Gasteiger partial charge is 0.354 e. The first-order chi connectivity index (χ1) is 12.7. The van der Waals surface area contributed by atoms with Crippen LogP contribution in [0.3, 0.4) is 0 Å². The number of amides is 1. The third-order valence-electron chi connectivity index (χ3n) is 4.56. The normalized spacial score (nSPS) is 13.8. The van der Waals surface area contributed by atoms with E-state index in [1.165, 1.54) is 36.8 Å². The van der Waals surface area contributed by atoms with Crippen molar-refractivity contribution in [1.82, 2.24) is 15.3 Å². The standard InChI is InChI=1S/C21H26N4O/c1-16-6-5-9-18(12-16)13-23-20(26)19-14-24-21(25-15-19)22-11-10-17-7-3-2-4-8-17/h5-7,9,12,14-15H,2-4,8,10-11,13H2,1H3,(H,23,26)(H,22,24,25). The van der Waals surface area contributed by atoms with Crippen LogP contribution in [0.2, 0.25) is 0 Å². The second-order valence-corrected chi connectivity index (χ2v) is 6.75. The van der Waals surface area contributed by atoms with Crippen LogP contribution in [0.1, 0.15) is 53.6 Å². The highest BCUT2D eigenvalue weighted by Gasteiger charge is 2.08. The van der Waals surface area contributed by atoms with Gasteiger partial charge in [0.2, 0.25) is 5.95 Å². The van der Waals surface area contributed by atoms with Gasteiger partial charge >= 0.3 is 0 Å². The fourth-order valence-electron chi connectivity index (χ4n) is 3.11. The molecule has 0 radical (unpaired) electrons. The minimum atomic E-state index is -0.162. The molecule has 0 unspecified atom stereocenters. The number of aromatic nitrogens is 2. The maximum Gasteiger partial charge on any atom is 0.254 e. The van der Waals surface area contributed by atoms with Crippen molar-refractivity contribution >= 4 is 11.9 Å². The monoisotopic (exact) mass is 350 g/mol. The Morgan fingerprint density at radius 1 is 1.19 bits per heavy atom. The lowest BCUT2D eigenvalue weighted by Crippen LogP contribution is -2.23. The molecular weight excluding hydrogens is 324 g/mol. The van der Waals surface area contributed by atoms with Crippen LogP contribution in [-0.4, -0.2) is 22.4 Å². The van der Waals surface area contributed by atoms with E-state index < -0.39 is 0 Å². The van der Waals surface area contributed by atoms with Gasteiger partial charge < -0.3 is 10.6 Å². The van der Waals surface area contributed by atoms with Crippen molar-refractivity contribution in [3.05, 3.63) is 65.0 Å². The minimum Gasteiger partial charge on any atom is -0.354 e. The first-order valence-corrected chi connectivity index (χ1v) is 9.28. The molecule has 0 saturated carbocycles. The maximum atomic E-state index is 12.2. The Morgan fingerprint density at radius 2 is 2.04 bits per heavy atom. The fraction of sp³-hybridized carbons (Fsp3) is 0.381. The molecule has 1 amide bonds. The highest BCUT2D eigenvalue weighted by atomic mass is 16.1. The van der Waals surface area contributed by atoms with E-state index in [0.717, 1.165) is 18.5 Å². The third kappa shape index (κ3) is 5.41. The molecule has 5 nitrogen and oxygen atoms in total. The maximum absolute atomic E-state index is 12.2. The van der Waals surface area contributed by atoms with Gasteiger partial charge in [-0.3, -0.25) is 4.79 Å². The highest BCUT2D eigenvalue weighted by Crippen LogP contribution is 2.19. The molecule has 0 bridgehead atoms. The quantitative estimate of drug-likeness (QED) is 0.740. The molecule has 1 aromatic heterocycles. The highest BCUT2D eigenvalue weighted by molar-refractivity contribution is 5.93. The molecule has 0 spiro atoms. The zero-order chi connectivity index (χ0) is 18.2. The molecule has 3 rings (SSSR count). The summed E-state index contributed by atoms with van der Waals surface area (Å²) in [6, 6.07) is 8.09. The van der Waals surface area contributed by atoms with E-state index in [2.05, 4.69) is 32.7 Å². The number of hydrogen-bond donors (Lipinski definition) is 2. The molecule has 5 heteroatoms. The summed E-state index contributed by atoms with van der Waals surface area (Å²) in [6.07, 6.45) is 11.6. The van der Waals surface area contributed by atoms with E-state index >= 15 is 0 Å². The number of nitrogens with zero attached hydrogens (tertiary/aromatic N) is 2.